The standard InChI is InChI=1S/C12H13F2N3O3S/c13-12(14)20-10-3-1-8(2-4-10)17-21(18,19)11-5-9(6-15)16-7-11/h1-5,7,12,16-17H,6,15H2. The maximum atomic E-state index is 12.1. The molecule has 0 aliphatic rings. The first-order valence-corrected chi connectivity index (χ1v) is 7.34. The highest BCUT2D eigenvalue weighted by molar-refractivity contribution is 7.92. The Morgan fingerprint density at radius 2 is 1.95 bits per heavy atom. The van der Waals surface area contributed by atoms with Gasteiger partial charge in [0.15, 0.2) is 0 Å². The molecule has 0 unspecified atom stereocenters. The third-order valence-corrected chi connectivity index (χ3v) is 3.94. The fourth-order valence-electron chi connectivity index (χ4n) is 1.61. The van der Waals surface area contributed by atoms with Crippen LogP contribution in [0.1, 0.15) is 5.69 Å². The third kappa shape index (κ3) is 3.92. The van der Waals surface area contributed by atoms with Crippen LogP contribution >= 0.6 is 0 Å². The van der Waals surface area contributed by atoms with Crippen LogP contribution in [-0.4, -0.2) is 20.0 Å². The summed E-state index contributed by atoms with van der Waals surface area (Å²) in [5.74, 6) is -0.0555. The van der Waals surface area contributed by atoms with E-state index in [1.54, 1.807) is 0 Å². The number of benzene rings is 1. The summed E-state index contributed by atoms with van der Waals surface area (Å²) in [6, 6.07) is 6.55. The molecule has 21 heavy (non-hydrogen) atoms. The Hall–Kier alpha value is -2.13. The minimum absolute atomic E-state index is 0.0378. The van der Waals surface area contributed by atoms with Crippen molar-refractivity contribution in [2.75, 3.05) is 4.72 Å². The second-order valence-electron chi connectivity index (χ2n) is 4.07. The van der Waals surface area contributed by atoms with E-state index in [9.17, 15) is 17.2 Å². The van der Waals surface area contributed by atoms with Crippen LogP contribution in [0.15, 0.2) is 41.4 Å². The van der Waals surface area contributed by atoms with Crippen molar-refractivity contribution in [1.82, 2.24) is 4.98 Å². The Morgan fingerprint density at radius 3 is 2.48 bits per heavy atom. The van der Waals surface area contributed by atoms with Crippen molar-refractivity contribution >= 4 is 15.7 Å². The molecule has 0 aliphatic heterocycles. The molecule has 0 saturated carbocycles. The van der Waals surface area contributed by atoms with Gasteiger partial charge in [-0.3, -0.25) is 4.72 Å². The molecule has 114 valence electrons. The molecule has 0 fully saturated rings. The molecule has 2 aromatic rings. The average Bonchev–Trinajstić information content (AvgIpc) is 2.90. The zero-order valence-corrected chi connectivity index (χ0v) is 11.5. The van der Waals surface area contributed by atoms with Gasteiger partial charge in [-0.25, -0.2) is 8.42 Å². The molecule has 1 aromatic carbocycles. The highest BCUT2D eigenvalue weighted by atomic mass is 32.2. The summed E-state index contributed by atoms with van der Waals surface area (Å²) >= 11 is 0. The summed E-state index contributed by atoms with van der Waals surface area (Å²) in [5, 5.41) is 0. The summed E-state index contributed by atoms with van der Waals surface area (Å²) in [6.45, 7) is -2.74. The van der Waals surface area contributed by atoms with Gasteiger partial charge in [-0.15, -0.1) is 0 Å². The predicted octanol–water partition coefficient (Wildman–Crippen LogP) is 1.88. The number of alkyl halides is 2. The maximum absolute atomic E-state index is 12.1. The lowest BCUT2D eigenvalue weighted by Gasteiger charge is -2.08. The highest BCUT2D eigenvalue weighted by Crippen LogP contribution is 2.21. The second-order valence-corrected chi connectivity index (χ2v) is 5.76. The van der Waals surface area contributed by atoms with Gasteiger partial charge in [0.05, 0.1) is 0 Å². The molecule has 0 amide bonds. The summed E-state index contributed by atoms with van der Waals surface area (Å²) in [6.07, 6.45) is 1.32. The molecule has 4 N–H and O–H groups in total. The largest absolute Gasteiger partial charge is 0.435 e. The van der Waals surface area contributed by atoms with E-state index in [1.807, 2.05) is 0 Å². The molecule has 0 saturated heterocycles. The van der Waals surface area contributed by atoms with Crippen molar-refractivity contribution in [2.45, 2.75) is 18.1 Å². The normalized spacial score (nSPS) is 11.6. The fourth-order valence-corrected chi connectivity index (χ4v) is 2.69. The Kier molecular flexibility index (Phi) is 4.43. The number of nitrogens with one attached hydrogen (secondary N) is 2. The molecular weight excluding hydrogens is 304 g/mol. The topological polar surface area (TPSA) is 97.2 Å². The molecule has 2 rings (SSSR count). The van der Waals surface area contributed by atoms with Crippen LogP contribution in [0, 0.1) is 0 Å². The second kappa shape index (κ2) is 6.10. The molecule has 0 radical (unpaired) electrons. The van der Waals surface area contributed by atoms with Crippen LogP contribution in [0.4, 0.5) is 14.5 Å². The average molecular weight is 317 g/mol. The summed E-state index contributed by atoms with van der Waals surface area (Å²) in [7, 11) is -3.76. The quantitative estimate of drug-likeness (QED) is 0.757. The lowest BCUT2D eigenvalue weighted by molar-refractivity contribution is -0.0498. The van der Waals surface area contributed by atoms with E-state index in [0.717, 1.165) is 0 Å². The van der Waals surface area contributed by atoms with Gasteiger partial charge in [0.1, 0.15) is 10.6 Å². The van der Waals surface area contributed by atoms with Gasteiger partial charge in [0, 0.05) is 24.1 Å². The zero-order chi connectivity index (χ0) is 15.5. The Bertz CT molecular complexity index is 699. The van der Waals surface area contributed by atoms with Gasteiger partial charge in [0.25, 0.3) is 10.0 Å². The molecule has 0 spiro atoms. The van der Waals surface area contributed by atoms with Crippen LogP contribution in [0.3, 0.4) is 0 Å². The van der Waals surface area contributed by atoms with E-state index in [1.165, 1.54) is 36.5 Å². The van der Waals surface area contributed by atoms with Gasteiger partial charge in [0.2, 0.25) is 0 Å². The Labute approximate surface area is 120 Å². The lowest BCUT2D eigenvalue weighted by atomic mass is 10.3. The van der Waals surface area contributed by atoms with Crippen LogP contribution in [-0.2, 0) is 16.6 Å². The van der Waals surface area contributed by atoms with Crippen molar-refractivity contribution in [3.63, 3.8) is 0 Å². The van der Waals surface area contributed by atoms with E-state index in [0.29, 0.717) is 5.69 Å². The number of halogens is 2. The number of rotatable bonds is 6. The first-order valence-electron chi connectivity index (χ1n) is 5.86. The van der Waals surface area contributed by atoms with Gasteiger partial charge in [-0.1, -0.05) is 0 Å². The van der Waals surface area contributed by atoms with Gasteiger partial charge >= 0.3 is 6.61 Å². The predicted molar refractivity (Wildman–Crippen MR) is 72.6 cm³/mol. The number of sulfonamides is 1. The van der Waals surface area contributed by atoms with E-state index >= 15 is 0 Å². The minimum Gasteiger partial charge on any atom is -0.435 e. The number of hydrogen-bond donors (Lipinski definition) is 3. The monoisotopic (exact) mass is 317 g/mol. The fraction of sp³-hybridized carbons (Fsp3) is 0.167. The molecule has 9 heteroatoms. The van der Waals surface area contributed by atoms with E-state index < -0.39 is 16.6 Å². The minimum atomic E-state index is -3.76. The SMILES string of the molecule is NCc1cc(S(=O)(=O)Nc2ccc(OC(F)F)cc2)c[nH]1. The van der Waals surface area contributed by atoms with Crippen molar-refractivity contribution in [3.8, 4) is 5.75 Å². The molecule has 0 aliphatic carbocycles. The highest BCUT2D eigenvalue weighted by Gasteiger charge is 2.16. The van der Waals surface area contributed by atoms with Crippen LogP contribution in [0.25, 0.3) is 0 Å². The van der Waals surface area contributed by atoms with E-state index in [4.69, 9.17) is 5.73 Å². The zero-order valence-electron chi connectivity index (χ0n) is 10.7. The van der Waals surface area contributed by atoms with E-state index in [-0.39, 0.29) is 22.9 Å². The first kappa shape index (κ1) is 15.3. The van der Waals surface area contributed by atoms with Crippen LogP contribution in [0.2, 0.25) is 0 Å². The molecule has 0 atom stereocenters. The van der Waals surface area contributed by atoms with Gasteiger partial charge in [-0.2, -0.15) is 8.78 Å². The number of H-pyrrole nitrogens is 1. The van der Waals surface area contributed by atoms with E-state index in [2.05, 4.69) is 14.4 Å². The van der Waals surface area contributed by atoms with Crippen LogP contribution < -0.4 is 15.2 Å². The molecule has 1 aromatic heterocycles. The molecule has 6 nitrogen and oxygen atoms in total. The maximum Gasteiger partial charge on any atom is 0.387 e. The number of aromatic nitrogens is 1. The number of nitrogens with two attached hydrogens (primary N) is 1. The van der Waals surface area contributed by atoms with Gasteiger partial charge in [-0.05, 0) is 30.3 Å². The number of ether oxygens (including phenoxy) is 1. The third-order valence-electron chi connectivity index (χ3n) is 2.58. The lowest BCUT2D eigenvalue weighted by Crippen LogP contribution is -2.12. The number of aromatic amines is 1. The molecule has 0 bridgehead atoms. The van der Waals surface area contributed by atoms with Crippen molar-refractivity contribution in [1.29, 1.82) is 0 Å². The Morgan fingerprint density at radius 1 is 1.29 bits per heavy atom. The summed E-state index contributed by atoms with van der Waals surface area (Å²) < 4.78 is 54.6. The van der Waals surface area contributed by atoms with Crippen molar-refractivity contribution in [3.05, 3.63) is 42.2 Å². The number of anilines is 1. The van der Waals surface area contributed by atoms with Crippen molar-refractivity contribution in [2.24, 2.45) is 5.73 Å². The van der Waals surface area contributed by atoms with Crippen LogP contribution in [0.5, 0.6) is 5.75 Å². The summed E-state index contributed by atoms with van der Waals surface area (Å²) in [5.41, 5.74) is 6.20. The molecule has 1 heterocycles. The van der Waals surface area contributed by atoms with Gasteiger partial charge < -0.3 is 15.5 Å². The smallest absolute Gasteiger partial charge is 0.387 e. The summed E-state index contributed by atoms with van der Waals surface area (Å²) in [4.78, 5) is 2.77. The van der Waals surface area contributed by atoms with Crippen molar-refractivity contribution < 1.29 is 21.9 Å². The Balaban J connectivity index is 2.13. The molecular formula is C12H13F2N3O3S. The first-order chi connectivity index (χ1) is 9.90. The number of hydrogen-bond acceptors (Lipinski definition) is 4.